The number of hydrogen-bond acceptors (Lipinski definition) is 2. The van der Waals surface area contributed by atoms with Crippen molar-refractivity contribution in [1.82, 2.24) is 0 Å². The largest absolute Gasteiger partial charge is 0.382 e. The van der Waals surface area contributed by atoms with E-state index < -0.39 is 0 Å². The summed E-state index contributed by atoms with van der Waals surface area (Å²) in [6.45, 7) is 4.76. The number of benzene rings is 1. The SMILES string of the molecule is CCC1CCCC1Nc1ccc2c(c1)CCN2C(C)=O. The maximum Gasteiger partial charge on any atom is 0.223 e. The van der Waals surface area contributed by atoms with Gasteiger partial charge in [-0.25, -0.2) is 0 Å². The van der Waals surface area contributed by atoms with Gasteiger partial charge in [0.2, 0.25) is 5.91 Å². The number of rotatable bonds is 3. The quantitative estimate of drug-likeness (QED) is 0.912. The number of nitrogens with zero attached hydrogens (tertiary/aromatic N) is 1. The van der Waals surface area contributed by atoms with Crippen LogP contribution in [0, 0.1) is 5.92 Å². The van der Waals surface area contributed by atoms with Gasteiger partial charge in [-0.15, -0.1) is 0 Å². The molecule has 1 aliphatic heterocycles. The molecule has 1 fully saturated rings. The van der Waals surface area contributed by atoms with E-state index in [1.807, 2.05) is 4.90 Å². The molecular formula is C17H24N2O. The molecule has 1 aromatic carbocycles. The Bertz CT molecular complexity index is 512. The van der Waals surface area contributed by atoms with Crippen molar-refractivity contribution >= 4 is 17.3 Å². The number of nitrogens with one attached hydrogen (secondary N) is 1. The minimum atomic E-state index is 0.145. The smallest absolute Gasteiger partial charge is 0.223 e. The molecule has 3 heteroatoms. The minimum Gasteiger partial charge on any atom is -0.382 e. The molecule has 1 N–H and O–H groups in total. The van der Waals surface area contributed by atoms with E-state index in [9.17, 15) is 4.79 Å². The average molecular weight is 272 g/mol. The first-order chi connectivity index (χ1) is 9.69. The van der Waals surface area contributed by atoms with Crippen molar-refractivity contribution < 1.29 is 4.79 Å². The fraction of sp³-hybridized carbons (Fsp3) is 0.588. The van der Waals surface area contributed by atoms with Crippen LogP contribution in [0.15, 0.2) is 18.2 Å². The van der Waals surface area contributed by atoms with Crippen molar-refractivity contribution in [3.05, 3.63) is 23.8 Å². The molecular weight excluding hydrogens is 248 g/mol. The predicted molar refractivity (Wildman–Crippen MR) is 83.2 cm³/mol. The second-order valence-electron chi connectivity index (χ2n) is 6.11. The minimum absolute atomic E-state index is 0.145. The predicted octanol–water partition coefficient (Wildman–Crippen LogP) is 3.59. The Morgan fingerprint density at radius 1 is 1.40 bits per heavy atom. The van der Waals surface area contributed by atoms with E-state index in [1.54, 1.807) is 6.92 Å². The highest BCUT2D eigenvalue weighted by Crippen LogP contribution is 2.34. The molecule has 1 amide bonds. The number of carbonyl (C=O) groups excluding carboxylic acids is 1. The Hall–Kier alpha value is -1.51. The highest BCUT2D eigenvalue weighted by atomic mass is 16.2. The number of carbonyl (C=O) groups is 1. The molecule has 0 radical (unpaired) electrons. The van der Waals surface area contributed by atoms with E-state index in [1.165, 1.54) is 36.9 Å². The van der Waals surface area contributed by atoms with E-state index in [-0.39, 0.29) is 5.91 Å². The zero-order valence-corrected chi connectivity index (χ0v) is 12.5. The first-order valence-electron chi connectivity index (χ1n) is 7.86. The fourth-order valence-electron chi connectivity index (χ4n) is 3.75. The molecule has 1 aromatic rings. The lowest BCUT2D eigenvalue weighted by atomic mass is 10.00. The van der Waals surface area contributed by atoms with Gasteiger partial charge in [0.1, 0.15) is 0 Å². The van der Waals surface area contributed by atoms with Crippen LogP contribution in [0.25, 0.3) is 0 Å². The molecule has 3 rings (SSSR count). The molecule has 1 aliphatic carbocycles. The molecule has 20 heavy (non-hydrogen) atoms. The first kappa shape index (κ1) is 13.5. The third-order valence-electron chi connectivity index (χ3n) is 4.89. The number of anilines is 2. The topological polar surface area (TPSA) is 32.3 Å². The second-order valence-corrected chi connectivity index (χ2v) is 6.11. The molecule has 2 atom stereocenters. The summed E-state index contributed by atoms with van der Waals surface area (Å²) in [5.74, 6) is 0.961. The van der Waals surface area contributed by atoms with E-state index in [2.05, 4.69) is 30.4 Å². The molecule has 3 nitrogen and oxygen atoms in total. The van der Waals surface area contributed by atoms with Crippen LogP contribution in [-0.2, 0) is 11.2 Å². The number of fused-ring (bicyclic) bond motifs is 1. The van der Waals surface area contributed by atoms with Gasteiger partial charge < -0.3 is 10.2 Å². The molecule has 0 saturated heterocycles. The van der Waals surface area contributed by atoms with Gasteiger partial charge in [0.05, 0.1) is 0 Å². The maximum atomic E-state index is 11.6. The van der Waals surface area contributed by atoms with Gasteiger partial charge in [0.15, 0.2) is 0 Å². The highest BCUT2D eigenvalue weighted by Gasteiger charge is 2.26. The van der Waals surface area contributed by atoms with Gasteiger partial charge in [-0.1, -0.05) is 19.8 Å². The summed E-state index contributed by atoms with van der Waals surface area (Å²) in [5, 5.41) is 3.71. The second kappa shape index (κ2) is 5.47. The van der Waals surface area contributed by atoms with Crippen LogP contribution in [0.5, 0.6) is 0 Å². The van der Waals surface area contributed by atoms with Crippen molar-refractivity contribution in [1.29, 1.82) is 0 Å². The summed E-state index contributed by atoms with van der Waals surface area (Å²) in [6, 6.07) is 7.10. The average Bonchev–Trinajstić information content (AvgIpc) is 3.04. The van der Waals surface area contributed by atoms with Gasteiger partial charge in [0, 0.05) is 30.9 Å². The maximum absolute atomic E-state index is 11.6. The summed E-state index contributed by atoms with van der Waals surface area (Å²) in [7, 11) is 0. The normalized spacial score (nSPS) is 24.8. The monoisotopic (exact) mass is 272 g/mol. The Labute approximate surface area is 121 Å². The van der Waals surface area contributed by atoms with Gasteiger partial charge in [-0.05, 0) is 48.9 Å². The summed E-state index contributed by atoms with van der Waals surface area (Å²) < 4.78 is 0. The molecule has 0 bridgehead atoms. The van der Waals surface area contributed by atoms with E-state index in [4.69, 9.17) is 0 Å². The van der Waals surface area contributed by atoms with Crippen molar-refractivity contribution in [2.45, 2.75) is 52.0 Å². The number of amides is 1. The van der Waals surface area contributed by atoms with Crippen LogP contribution in [0.3, 0.4) is 0 Å². The Morgan fingerprint density at radius 2 is 2.25 bits per heavy atom. The Morgan fingerprint density at radius 3 is 3.00 bits per heavy atom. The van der Waals surface area contributed by atoms with Crippen molar-refractivity contribution in [2.75, 3.05) is 16.8 Å². The molecule has 0 spiro atoms. The van der Waals surface area contributed by atoms with Gasteiger partial charge in [-0.3, -0.25) is 4.79 Å². The third kappa shape index (κ3) is 2.41. The lowest BCUT2D eigenvalue weighted by Gasteiger charge is -2.21. The first-order valence-corrected chi connectivity index (χ1v) is 7.86. The molecule has 108 valence electrons. The molecule has 2 aliphatic rings. The molecule has 1 heterocycles. The van der Waals surface area contributed by atoms with Crippen molar-refractivity contribution in [2.24, 2.45) is 5.92 Å². The zero-order chi connectivity index (χ0) is 14.1. The van der Waals surface area contributed by atoms with Gasteiger partial charge >= 0.3 is 0 Å². The Balaban J connectivity index is 1.75. The van der Waals surface area contributed by atoms with Gasteiger partial charge in [0.25, 0.3) is 0 Å². The van der Waals surface area contributed by atoms with Crippen LogP contribution in [-0.4, -0.2) is 18.5 Å². The Kier molecular flexibility index (Phi) is 3.68. The van der Waals surface area contributed by atoms with E-state index in [0.717, 1.165) is 24.6 Å². The fourth-order valence-corrected chi connectivity index (χ4v) is 3.75. The van der Waals surface area contributed by atoms with Crippen molar-refractivity contribution in [3.8, 4) is 0 Å². The van der Waals surface area contributed by atoms with Crippen molar-refractivity contribution in [3.63, 3.8) is 0 Å². The summed E-state index contributed by atoms with van der Waals surface area (Å²) in [5.41, 5.74) is 3.62. The summed E-state index contributed by atoms with van der Waals surface area (Å²) >= 11 is 0. The van der Waals surface area contributed by atoms with Crippen LogP contribution in [0.1, 0.15) is 45.1 Å². The summed E-state index contributed by atoms with van der Waals surface area (Å²) in [6.07, 6.45) is 6.23. The van der Waals surface area contributed by atoms with Crippen LogP contribution < -0.4 is 10.2 Å². The highest BCUT2D eigenvalue weighted by molar-refractivity contribution is 5.94. The van der Waals surface area contributed by atoms with Crippen LogP contribution >= 0.6 is 0 Å². The van der Waals surface area contributed by atoms with E-state index >= 15 is 0 Å². The standard InChI is InChI=1S/C17H24N2O/c1-3-13-5-4-6-16(13)18-15-7-8-17-14(11-15)9-10-19(17)12(2)20/h7-8,11,13,16,18H,3-6,9-10H2,1-2H3. The van der Waals surface area contributed by atoms with E-state index in [0.29, 0.717) is 6.04 Å². The van der Waals surface area contributed by atoms with Gasteiger partial charge in [-0.2, -0.15) is 0 Å². The molecule has 1 saturated carbocycles. The lowest BCUT2D eigenvalue weighted by molar-refractivity contribution is -0.116. The molecule has 0 aromatic heterocycles. The van der Waals surface area contributed by atoms with Crippen LogP contribution in [0.2, 0.25) is 0 Å². The summed E-state index contributed by atoms with van der Waals surface area (Å²) in [4.78, 5) is 13.4. The van der Waals surface area contributed by atoms with Crippen LogP contribution in [0.4, 0.5) is 11.4 Å². The zero-order valence-electron chi connectivity index (χ0n) is 12.5. The third-order valence-corrected chi connectivity index (χ3v) is 4.89. The molecule has 2 unspecified atom stereocenters. The number of hydrogen-bond donors (Lipinski definition) is 1. The lowest BCUT2D eigenvalue weighted by Crippen LogP contribution is -2.25.